The molecule has 0 spiro atoms. The lowest BCUT2D eigenvalue weighted by atomic mass is 10.1. The molecular weight excluding hydrogens is 326 g/mol. The molecule has 1 aromatic heterocycles. The first-order chi connectivity index (χ1) is 12.6. The van der Waals surface area contributed by atoms with Gasteiger partial charge in [0.15, 0.2) is 5.82 Å². The van der Waals surface area contributed by atoms with E-state index in [-0.39, 0.29) is 5.91 Å². The molecule has 1 aliphatic rings. The minimum atomic E-state index is -0.0109. The number of carbonyl (C=O) groups excluding carboxylic acids is 1. The molecule has 3 rings (SSSR count). The zero-order valence-corrected chi connectivity index (χ0v) is 15.6. The van der Waals surface area contributed by atoms with Gasteiger partial charge in [0.1, 0.15) is 5.75 Å². The molecule has 1 heterocycles. The van der Waals surface area contributed by atoms with Gasteiger partial charge in [0, 0.05) is 26.7 Å². The fraction of sp³-hybridized carbons (Fsp3) is 0.429. The summed E-state index contributed by atoms with van der Waals surface area (Å²) in [5, 5.41) is 2.96. The lowest BCUT2D eigenvalue weighted by molar-refractivity contribution is -0.116. The number of nitrogens with one attached hydrogen (secondary N) is 1. The Morgan fingerprint density at radius 3 is 2.81 bits per heavy atom. The number of pyridine rings is 1. The van der Waals surface area contributed by atoms with E-state index in [2.05, 4.69) is 16.4 Å². The number of ether oxygens (including phenoxy) is 1. The van der Waals surface area contributed by atoms with Gasteiger partial charge in [-0.25, -0.2) is 4.98 Å². The standard InChI is InChI=1S/C21H27N3O2/c1-24(2)21-19(11-6-14-22-21)23-20(25)13-12-16-7-5-10-18(15-16)26-17-8-3-4-9-17/h5-7,10-11,14-15,17H,3-4,8-9,12-13H2,1-2H3,(H,23,25). The average molecular weight is 353 g/mol. The largest absolute Gasteiger partial charge is 0.490 e. The van der Waals surface area contributed by atoms with Crippen molar-refractivity contribution < 1.29 is 9.53 Å². The van der Waals surface area contributed by atoms with Crippen molar-refractivity contribution in [2.24, 2.45) is 0 Å². The summed E-state index contributed by atoms with van der Waals surface area (Å²) in [5.41, 5.74) is 1.86. The number of benzene rings is 1. The first-order valence-corrected chi connectivity index (χ1v) is 9.29. The molecule has 0 saturated heterocycles. The Labute approximate surface area is 155 Å². The quantitative estimate of drug-likeness (QED) is 0.816. The van der Waals surface area contributed by atoms with Crippen molar-refractivity contribution in [3.05, 3.63) is 48.2 Å². The van der Waals surface area contributed by atoms with Crippen molar-refractivity contribution >= 4 is 17.4 Å². The fourth-order valence-electron chi connectivity index (χ4n) is 3.29. The zero-order chi connectivity index (χ0) is 18.4. The van der Waals surface area contributed by atoms with E-state index in [4.69, 9.17) is 4.74 Å². The minimum absolute atomic E-state index is 0.0109. The van der Waals surface area contributed by atoms with Crippen LogP contribution in [0.1, 0.15) is 37.7 Å². The average Bonchev–Trinajstić information content (AvgIpc) is 3.13. The Morgan fingerprint density at radius 2 is 2.04 bits per heavy atom. The number of amides is 1. The van der Waals surface area contributed by atoms with E-state index >= 15 is 0 Å². The van der Waals surface area contributed by atoms with Crippen LogP contribution < -0.4 is 15.0 Å². The highest BCUT2D eigenvalue weighted by Gasteiger charge is 2.16. The van der Waals surface area contributed by atoms with Crippen molar-refractivity contribution in [3.63, 3.8) is 0 Å². The summed E-state index contributed by atoms with van der Waals surface area (Å²) < 4.78 is 6.05. The van der Waals surface area contributed by atoms with Crippen LogP contribution >= 0.6 is 0 Å². The van der Waals surface area contributed by atoms with Crippen LogP contribution in [-0.4, -0.2) is 31.1 Å². The van der Waals surface area contributed by atoms with Crippen LogP contribution in [0, 0.1) is 0 Å². The van der Waals surface area contributed by atoms with E-state index in [0.29, 0.717) is 18.9 Å². The van der Waals surface area contributed by atoms with E-state index in [1.54, 1.807) is 6.20 Å². The van der Waals surface area contributed by atoms with Crippen LogP contribution in [0.2, 0.25) is 0 Å². The Kier molecular flexibility index (Phi) is 6.10. The topological polar surface area (TPSA) is 54.5 Å². The number of carbonyl (C=O) groups is 1. The highest BCUT2D eigenvalue weighted by atomic mass is 16.5. The monoisotopic (exact) mass is 353 g/mol. The minimum Gasteiger partial charge on any atom is -0.490 e. The SMILES string of the molecule is CN(C)c1ncccc1NC(=O)CCc1cccc(OC2CCCC2)c1. The van der Waals surface area contributed by atoms with Gasteiger partial charge in [0.2, 0.25) is 5.91 Å². The third-order valence-corrected chi connectivity index (χ3v) is 4.63. The maximum absolute atomic E-state index is 12.3. The van der Waals surface area contributed by atoms with Crippen LogP contribution in [0.15, 0.2) is 42.6 Å². The summed E-state index contributed by atoms with van der Waals surface area (Å²) >= 11 is 0. The molecule has 1 aromatic carbocycles. The van der Waals surface area contributed by atoms with Gasteiger partial charge in [-0.1, -0.05) is 12.1 Å². The van der Waals surface area contributed by atoms with Crippen molar-refractivity contribution in [1.29, 1.82) is 0 Å². The number of anilines is 2. The maximum atomic E-state index is 12.3. The summed E-state index contributed by atoms with van der Waals surface area (Å²) in [7, 11) is 3.82. The predicted octanol–water partition coefficient (Wildman–Crippen LogP) is 4.04. The maximum Gasteiger partial charge on any atom is 0.224 e. The molecule has 138 valence electrons. The Morgan fingerprint density at radius 1 is 1.23 bits per heavy atom. The van der Waals surface area contributed by atoms with Gasteiger partial charge in [-0.15, -0.1) is 0 Å². The molecule has 1 fully saturated rings. The predicted molar refractivity (Wildman–Crippen MR) is 105 cm³/mol. The van der Waals surface area contributed by atoms with Crippen molar-refractivity contribution in [3.8, 4) is 5.75 Å². The third-order valence-electron chi connectivity index (χ3n) is 4.63. The second kappa shape index (κ2) is 8.70. The van der Waals surface area contributed by atoms with Gasteiger partial charge in [0.05, 0.1) is 11.8 Å². The first kappa shape index (κ1) is 18.2. The molecule has 1 saturated carbocycles. The second-order valence-electron chi connectivity index (χ2n) is 6.99. The van der Waals surface area contributed by atoms with Gasteiger partial charge in [-0.2, -0.15) is 0 Å². The molecule has 0 unspecified atom stereocenters. The number of aromatic nitrogens is 1. The molecule has 0 atom stereocenters. The van der Waals surface area contributed by atoms with Crippen molar-refractivity contribution in [2.75, 3.05) is 24.3 Å². The molecule has 0 bridgehead atoms. The summed E-state index contributed by atoms with van der Waals surface area (Å²) in [4.78, 5) is 18.5. The smallest absolute Gasteiger partial charge is 0.224 e. The number of rotatable bonds is 7. The Bertz CT molecular complexity index is 740. The molecule has 2 aromatic rings. The molecule has 1 N–H and O–H groups in total. The molecule has 5 nitrogen and oxygen atoms in total. The van der Waals surface area contributed by atoms with E-state index in [0.717, 1.165) is 35.7 Å². The van der Waals surface area contributed by atoms with Gasteiger partial charge in [0.25, 0.3) is 0 Å². The Hall–Kier alpha value is -2.56. The molecule has 1 amide bonds. The van der Waals surface area contributed by atoms with Crippen LogP contribution in [0.25, 0.3) is 0 Å². The van der Waals surface area contributed by atoms with Gasteiger partial charge >= 0.3 is 0 Å². The lowest BCUT2D eigenvalue weighted by Crippen LogP contribution is -2.18. The van der Waals surface area contributed by atoms with Crippen molar-refractivity contribution in [1.82, 2.24) is 4.98 Å². The first-order valence-electron chi connectivity index (χ1n) is 9.29. The van der Waals surface area contributed by atoms with Gasteiger partial charge < -0.3 is 15.0 Å². The molecule has 26 heavy (non-hydrogen) atoms. The number of nitrogens with zero attached hydrogens (tertiary/aromatic N) is 2. The van der Waals surface area contributed by atoms with Gasteiger partial charge in [-0.05, 0) is 61.9 Å². The lowest BCUT2D eigenvalue weighted by Gasteiger charge is -2.16. The summed E-state index contributed by atoms with van der Waals surface area (Å²) in [6, 6.07) is 11.8. The number of hydrogen-bond donors (Lipinski definition) is 1. The van der Waals surface area contributed by atoms with Crippen molar-refractivity contribution in [2.45, 2.75) is 44.6 Å². The highest BCUT2D eigenvalue weighted by molar-refractivity contribution is 5.93. The summed E-state index contributed by atoms with van der Waals surface area (Å²) in [6.07, 6.45) is 7.99. The van der Waals surface area contributed by atoms with E-state index < -0.39 is 0 Å². The number of hydrogen-bond acceptors (Lipinski definition) is 4. The van der Waals surface area contributed by atoms with Gasteiger partial charge in [-0.3, -0.25) is 4.79 Å². The molecule has 1 aliphatic carbocycles. The van der Waals surface area contributed by atoms with Crippen LogP contribution in [0.5, 0.6) is 5.75 Å². The fourth-order valence-corrected chi connectivity index (χ4v) is 3.29. The highest BCUT2D eigenvalue weighted by Crippen LogP contribution is 2.25. The molecule has 0 radical (unpaired) electrons. The third kappa shape index (κ3) is 4.97. The second-order valence-corrected chi connectivity index (χ2v) is 6.99. The van der Waals surface area contributed by atoms with E-state index in [1.807, 2.05) is 49.3 Å². The zero-order valence-electron chi connectivity index (χ0n) is 15.6. The molecule has 0 aliphatic heterocycles. The van der Waals surface area contributed by atoms with Crippen LogP contribution in [0.4, 0.5) is 11.5 Å². The Balaban J connectivity index is 1.54. The normalized spacial score (nSPS) is 14.2. The molecular formula is C21H27N3O2. The van der Waals surface area contributed by atoms with Crippen LogP contribution in [-0.2, 0) is 11.2 Å². The number of aryl methyl sites for hydroxylation is 1. The van der Waals surface area contributed by atoms with E-state index in [9.17, 15) is 4.79 Å². The summed E-state index contributed by atoms with van der Waals surface area (Å²) in [5.74, 6) is 1.66. The summed E-state index contributed by atoms with van der Waals surface area (Å²) in [6.45, 7) is 0. The van der Waals surface area contributed by atoms with E-state index in [1.165, 1.54) is 12.8 Å². The van der Waals surface area contributed by atoms with Crippen LogP contribution in [0.3, 0.4) is 0 Å². The molecule has 5 heteroatoms.